The first-order valence-electron chi connectivity index (χ1n) is 8.00. The number of halogens is 3. The van der Waals surface area contributed by atoms with Crippen molar-refractivity contribution in [3.63, 3.8) is 0 Å². The largest absolute Gasteiger partial charge is 0.435 e. The molecule has 7 nitrogen and oxygen atoms in total. The summed E-state index contributed by atoms with van der Waals surface area (Å²) in [6.07, 6.45) is -0.342. The Kier molecular flexibility index (Phi) is 4.88. The van der Waals surface area contributed by atoms with Crippen LogP contribution >= 0.6 is 0 Å². The molecule has 0 aromatic carbocycles. The minimum Gasteiger partial charge on any atom is -0.354 e. The van der Waals surface area contributed by atoms with E-state index in [4.69, 9.17) is 5.26 Å². The minimum absolute atomic E-state index is 0.0159. The van der Waals surface area contributed by atoms with Crippen molar-refractivity contribution in [3.05, 3.63) is 46.3 Å². The molecule has 0 bridgehead atoms. The summed E-state index contributed by atoms with van der Waals surface area (Å²) in [5.74, 6) is 0.518. The molecule has 3 heterocycles. The fourth-order valence-corrected chi connectivity index (χ4v) is 2.94. The van der Waals surface area contributed by atoms with Gasteiger partial charge in [0.1, 0.15) is 6.07 Å². The van der Waals surface area contributed by atoms with Crippen molar-refractivity contribution in [2.75, 3.05) is 18.0 Å². The van der Waals surface area contributed by atoms with Crippen LogP contribution in [0.15, 0.2) is 29.3 Å². The van der Waals surface area contributed by atoms with Crippen LogP contribution in [0.2, 0.25) is 0 Å². The normalized spacial score (nSPS) is 15.7. The summed E-state index contributed by atoms with van der Waals surface area (Å²) in [7, 11) is 0. The second-order valence-corrected chi connectivity index (χ2v) is 6.01. The Morgan fingerprint density at radius 2 is 1.88 bits per heavy atom. The maximum absolute atomic E-state index is 12.8. The lowest BCUT2D eigenvalue weighted by Crippen LogP contribution is -2.38. The summed E-state index contributed by atoms with van der Waals surface area (Å²) in [6.45, 7) is 1.28. The van der Waals surface area contributed by atoms with E-state index in [-0.39, 0.29) is 18.2 Å². The van der Waals surface area contributed by atoms with Gasteiger partial charge in [-0.15, -0.1) is 0 Å². The Morgan fingerprint density at radius 1 is 1.19 bits per heavy atom. The van der Waals surface area contributed by atoms with Crippen molar-refractivity contribution in [2.24, 2.45) is 5.92 Å². The molecule has 26 heavy (non-hydrogen) atoms. The zero-order chi connectivity index (χ0) is 18.7. The number of anilines is 1. The molecule has 1 fully saturated rings. The molecule has 0 N–H and O–H groups in total. The van der Waals surface area contributed by atoms with Crippen molar-refractivity contribution in [3.8, 4) is 6.07 Å². The number of hydrogen-bond acceptors (Lipinski definition) is 6. The number of hydrogen-bond donors (Lipinski definition) is 0. The van der Waals surface area contributed by atoms with Crippen LogP contribution in [0, 0.1) is 17.2 Å². The molecule has 3 rings (SSSR count). The van der Waals surface area contributed by atoms with Gasteiger partial charge in [0.2, 0.25) is 0 Å². The van der Waals surface area contributed by atoms with Crippen LogP contribution in [0.1, 0.15) is 24.2 Å². The van der Waals surface area contributed by atoms with E-state index in [2.05, 4.69) is 15.1 Å². The van der Waals surface area contributed by atoms with Gasteiger partial charge in [-0.25, -0.2) is 14.6 Å². The number of alkyl halides is 3. The van der Waals surface area contributed by atoms with E-state index in [0.29, 0.717) is 37.8 Å². The highest BCUT2D eigenvalue weighted by Gasteiger charge is 2.33. The fraction of sp³-hybridized carbons (Fsp3) is 0.438. The SMILES string of the molecule is N#Cc1nccnc1N1CCC(Cn2nc(C(F)(F)F)ccc2=O)CC1. The van der Waals surface area contributed by atoms with E-state index in [1.165, 1.54) is 12.4 Å². The number of piperidine rings is 1. The predicted molar refractivity (Wildman–Crippen MR) is 85.2 cm³/mol. The highest BCUT2D eigenvalue weighted by molar-refractivity contribution is 5.49. The average Bonchev–Trinajstić information content (AvgIpc) is 2.63. The summed E-state index contributed by atoms with van der Waals surface area (Å²) in [4.78, 5) is 21.9. The lowest BCUT2D eigenvalue weighted by atomic mass is 9.96. The molecule has 1 aliphatic heterocycles. The van der Waals surface area contributed by atoms with E-state index in [1.54, 1.807) is 0 Å². The van der Waals surface area contributed by atoms with Gasteiger partial charge in [0.05, 0.1) is 0 Å². The standard InChI is InChI=1S/C16H15F3N6O/c17-16(18,19)13-1-2-14(26)25(23-13)10-11-3-7-24(8-4-11)15-12(9-20)21-5-6-22-15/h1-2,5-6,11H,3-4,7-8,10H2. The van der Waals surface area contributed by atoms with Gasteiger partial charge in [-0.05, 0) is 24.8 Å². The van der Waals surface area contributed by atoms with Crippen LogP contribution in [-0.2, 0) is 12.7 Å². The molecule has 2 aromatic rings. The summed E-state index contributed by atoms with van der Waals surface area (Å²) >= 11 is 0. The molecule has 0 aliphatic carbocycles. The smallest absolute Gasteiger partial charge is 0.354 e. The second-order valence-electron chi connectivity index (χ2n) is 6.01. The number of rotatable bonds is 3. The van der Waals surface area contributed by atoms with E-state index in [1.807, 2.05) is 11.0 Å². The Morgan fingerprint density at radius 3 is 2.54 bits per heavy atom. The highest BCUT2D eigenvalue weighted by Crippen LogP contribution is 2.27. The Hall–Kier alpha value is -2.96. The lowest BCUT2D eigenvalue weighted by Gasteiger charge is -2.32. The highest BCUT2D eigenvalue weighted by atomic mass is 19.4. The molecule has 0 atom stereocenters. The molecule has 136 valence electrons. The van der Waals surface area contributed by atoms with E-state index in [9.17, 15) is 18.0 Å². The van der Waals surface area contributed by atoms with Crippen molar-refractivity contribution in [2.45, 2.75) is 25.6 Å². The molecule has 0 saturated carbocycles. The first-order valence-corrected chi connectivity index (χ1v) is 8.00. The monoisotopic (exact) mass is 364 g/mol. The first kappa shape index (κ1) is 17.8. The predicted octanol–water partition coefficient (Wildman–Crippen LogP) is 1.84. The summed E-state index contributed by atoms with van der Waals surface area (Å²) in [5, 5.41) is 12.5. The van der Waals surface area contributed by atoms with Crippen LogP contribution in [0.3, 0.4) is 0 Å². The van der Waals surface area contributed by atoms with Crippen LogP contribution < -0.4 is 10.5 Å². The van der Waals surface area contributed by atoms with E-state index >= 15 is 0 Å². The second kappa shape index (κ2) is 7.11. The van der Waals surface area contributed by atoms with Crippen LogP contribution in [0.5, 0.6) is 0 Å². The third-order valence-corrected chi connectivity index (χ3v) is 4.29. The van der Waals surface area contributed by atoms with Crippen LogP contribution in [0.4, 0.5) is 19.0 Å². The van der Waals surface area contributed by atoms with Gasteiger partial charge in [-0.3, -0.25) is 4.79 Å². The molecule has 0 unspecified atom stereocenters. The molecule has 1 saturated heterocycles. The van der Waals surface area contributed by atoms with Crippen molar-refractivity contribution < 1.29 is 13.2 Å². The van der Waals surface area contributed by atoms with E-state index in [0.717, 1.165) is 10.7 Å². The van der Waals surface area contributed by atoms with Gasteiger partial charge in [0.25, 0.3) is 5.56 Å². The number of nitriles is 1. The lowest BCUT2D eigenvalue weighted by molar-refractivity contribution is -0.142. The van der Waals surface area contributed by atoms with Gasteiger partial charge < -0.3 is 4.90 Å². The molecule has 1 aliphatic rings. The maximum Gasteiger partial charge on any atom is 0.435 e. The molecular weight excluding hydrogens is 349 g/mol. The van der Waals surface area contributed by atoms with E-state index < -0.39 is 17.4 Å². The zero-order valence-electron chi connectivity index (χ0n) is 13.6. The third kappa shape index (κ3) is 3.82. The van der Waals surface area contributed by atoms with Gasteiger partial charge in [0.15, 0.2) is 17.2 Å². The Balaban J connectivity index is 1.68. The number of nitrogens with zero attached hydrogens (tertiary/aromatic N) is 6. The third-order valence-electron chi connectivity index (χ3n) is 4.29. The molecular formula is C16H15F3N6O. The molecule has 10 heteroatoms. The van der Waals surface area contributed by atoms with Crippen molar-refractivity contribution in [1.29, 1.82) is 5.26 Å². The minimum atomic E-state index is -4.58. The summed E-state index contributed by atoms with van der Waals surface area (Å²) < 4.78 is 39.2. The summed E-state index contributed by atoms with van der Waals surface area (Å²) in [5.41, 5.74) is -1.39. The Labute approximate surface area is 146 Å². The quantitative estimate of drug-likeness (QED) is 0.826. The molecule has 0 spiro atoms. The van der Waals surface area contributed by atoms with Crippen molar-refractivity contribution in [1.82, 2.24) is 19.7 Å². The van der Waals surface area contributed by atoms with Gasteiger partial charge >= 0.3 is 6.18 Å². The maximum atomic E-state index is 12.8. The van der Waals surface area contributed by atoms with Gasteiger partial charge in [-0.1, -0.05) is 0 Å². The van der Waals surface area contributed by atoms with Gasteiger partial charge in [-0.2, -0.15) is 23.5 Å². The van der Waals surface area contributed by atoms with Gasteiger partial charge in [0, 0.05) is 38.1 Å². The topological polar surface area (TPSA) is 87.7 Å². The van der Waals surface area contributed by atoms with Crippen LogP contribution in [0.25, 0.3) is 0 Å². The zero-order valence-corrected chi connectivity index (χ0v) is 13.6. The molecule has 0 amide bonds. The Bertz CT molecular complexity index is 881. The number of aromatic nitrogens is 4. The fourth-order valence-electron chi connectivity index (χ4n) is 2.94. The molecule has 0 radical (unpaired) electrons. The average molecular weight is 364 g/mol. The first-order chi connectivity index (χ1) is 12.4. The van der Waals surface area contributed by atoms with Crippen molar-refractivity contribution >= 4 is 5.82 Å². The van der Waals surface area contributed by atoms with Crippen LogP contribution in [-0.4, -0.2) is 32.8 Å². The summed E-state index contributed by atoms with van der Waals surface area (Å²) in [6, 6.07) is 3.58. The molecule has 2 aromatic heterocycles.